The second-order valence-corrected chi connectivity index (χ2v) is 3.58. The molecular weight excluding hydrogens is 200 g/mol. The van der Waals surface area contributed by atoms with E-state index < -0.39 is 0 Å². The van der Waals surface area contributed by atoms with E-state index in [4.69, 9.17) is 4.74 Å². The molecule has 78 valence electrons. The minimum absolute atomic E-state index is 0.181. The maximum atomic E-state index is 11.0. The first-order valence-corrected chi connectivity index (χ1v) is 5.48. The highest BCUT2D eigenvalue weighted by Gasteiger charge is 2.03. The molecule has 0 radical (unpaired) electrons. The number of carbonyl (C=O) groups is 1. The second-order valence-electron chi connectivity index (χ2n) is 2.64. The van der Waals surface area contributed by atoms with Gasteiger partial charge in [0, 0.05) is 5.38 Å². The van der Waals surface area contributed by atoms with Gasteiger partial charge in [0.05, 0.1) is 11.6 Å². The zero-order chi connectivity index (χ0) is 10.4. The molecule has 4 nitrogen and oxygen atoms in total. The quantitative estimate of drug-likeness (QED) is 0.758. The Hall–Kier alpha value is -1.10. The van der Waals surface area contributed by atoms with Crippen LogP contribution in [0, 0.1) is 0 Å². The van der Waals surface area contributed by atoms with Crippen LogP contribution in [-0.4, -0.2) is 24.1 Å². The summed E-state index contributed by atoms with van der Waals surface area (Å²) >= 11 is 1.59. The van der Waals surface area contributed by atoms with Crippen LogP contribution in [0.3, 0.4) is 0 Å². The Morgan fingerprint density at radius 3 is 3.00 bits per heavy atom. The fourth-order valence-corrected chi connectivity index (χ4v) is 1.63. The largest absolute Gasteiger partial charge is 0.465 e. The van der Waals surface area contributed by atoms with E-state index >= 15 is 0 Å². The third-order valence-electron chi connectivity index (χ3n) is 1.57. The number of aryl methyl sites for hydroxylation is 1. The van der Waals surface area contributed by atoms with E-state index in [2.05, 4.69) is 10.3 Å². The van der Waals surface area contributed by atoms with Crippen molar-refractivity contribution >= 4 is 23.1 Å². The lowest BCUT2D eigenvalue weighted by atomic mass is 10.5. The van der Waals surface area contributed by atoms with Gasteiger partial charge in [-0.3, -0.25) is 4.79 Å². The number of esters is 1. The van der Waals surface area contributed by atoms with Crippen molar-refractivity contribution in [2.24, 2.45) is 0 Å². The number of carbonyl (C=O) groups excluding carboxylic acids is 1. The highest BCUT2D eigenvalue weighted by molar-refractivity contribution is 7.10. The van der Waals surface area contributed by atoms with Gasteiger partial charge in [0.15, 0.2) is 0 Å². The third-order valence-corrected chi connectivity index (χ3v) is 2.57. The van der Waals surface area contributed by atoms with Crippen LogP contribution < -0.4 is 5.32 Å². The van der Waals surface area contributed by atoms with Crippen LogP contribution >= 0.6 is 11.3 Å². The van der Waals surface area contributed by atoms with Gasteiger partial charge in [-0.2, -0.15) is 0 Å². The summed E-state index contributed by atoms with van der Waals surface area (Å²) in [6.45, 7) is 4.43. The van der Waals surface area contributed by atoms with Crippen LogP contribution in [0.25, 0.3) is 0 Å². The minimum atomic E-state index is -0.251. The smallest absolute Gasteiger partial charge is 0.325 e. The van der Waals surface area contributed by atoms with Crippen LogP contribution in [0.15, 0.2) is 5.38 Å². The molecule has 0 amide bonds. The third kappa shape index (κ3) is 3.33. The van der Waals surface area contributed by atoms with Gasteiger partial charge in [0.2, 0.25) is 0 Å². The van der Waals surface area contributed by atoms with E-state index in [0.29, 0.717) is 6.61 Å². The molecule has 1 aromatic rings. The predicted octanol–water partition coefficient (Wildman–Crippen LogP) is 1.68. The van der Waals surface area contributed by atoms with Crippen LogP contribution in [0.1, 0.15) is 18.9 Å². The number of nitrogens with one attached hydrogen (secondary N) is 1. The molecule has 5 heteroatoms. The summed E-state index contributed by atoms with van der Waals surface area (Å²) in [6.07, 6.45) is 0.922. The summed E-state index contributed by atoms with van der Waals surface area (Å²) in [6, 6.07) is 0. The molecule has 0 atom stereocenters. The summed E-state index contributed by atoms with van der Waals surface area (Å²) in [7, 11) is 0. The zero-order valence-corrected chi connectivity index (χ0v) is 9.19. The van der Waals surface area contributed by atoms with E-state index in [1.165, 1.54) is 0 Å². The van der Waals surface area contributed by atoms with Crippen molar-refractivity contribution < 1.29 is 9.53 Å². The van der Waals surface area contributed by atoms with Gasteiger partial charge in [-0.25, -0.2) is 4.98 Å². The number of anilines is 1. The molecule has 0 aliphatic heterocycles. The highest BCUT2D eigenvalue weighted by Crippen LogP contribution is 2.13. The molecule has 0 aliphatic rings. The number of thiazole rings is 1. The Balaban J connectivity index is 2.34. The van der Waals surface area contributed by atoms with Crippen LogP contribution in [0.2, 0.25) is 0 Å². The normalized spacial score (nSPS) is 9.86. The first-order chi connectivity index (χ1) is 6.76. The van der Waals surface area contributed by atoms with E-state index in [1.807, 2.05) is 12.3 Å². The van der Waals surface area contributed by atoms with Crippen LogP contribution in [0.5, 0.6) is 0 Å². The van der Waals surface area contributed by atoms with Gasteiger partial charge in [-0.15, -0.1) is 11.3 Å². The molecule has 1 rings (SSSR count). The number of aromatic nitrogens is 1. The van der Waals surface area contributed by atoms with Gasteiger partial charge in [-0.1, -0.05) is 6.92 Å². The SMILES string of the molecule is CCOC(=O)CNc1csc(CC)n1. The van der Waals surface area contributed by atoms with Gasteiger partial charge < -0.3 is 10.1 Å². The Morgan fingerprint density at radius 2 is 2.43 bits per heavy atom. The molecule has 14 heavy (non-hydrogen) atoms. The molecule has 1 aromatic heterocycles. The molecule has 0 unspecified atom stereocenters. The standard InChI is InChI=1S/C9H14N2O2S/c1-3-8-11-7(6-14-8)10-5-9(12)13-4-2/h6,10H,3-5H2,1-2H3. The number of hydrogen-bond donors (Lipinski definition) is 1. The lowest BCUT2D eigenvalue weighted by Gasteiger charge is -2.01. The Morgan fingerprint density at radius 1 is 1.64 bits per heavy atom. The molecule has 0 aliphatic carbocycles. The van der Waals surface area contributed by atoms with Crippen LogP contribution in [-0.2, 0) is 16.0 Å². The summed E-state index contributed by atoms with van der Waals surface area (Å²) in [5, 5.41) is 5.88. The second kappa shape index (κ2) is 5.59. The fourth-order valence-electron chi connectivity index (χ4n) is 0.929. The van der Waals surface area contributed by atoms with Crippen LogP contribution in [0.4, 0.5) is 5.82 Å². The first kappa shape index (κ1) is 11.0. The highest BCUT2D eigenvalue weighted by atomic mass is 32.1. The number of rotatable bonds is 5. The average molecular weight is 214 g/mol. The molecule has 0 spiro atoms. The van der Waals surface area contributed by atoms with E-state index in [1.54, 1.807) is 18.3 Å². The molecule has 0 saturated heterocycles. The Labute approximate surface area is 87.3 Å². The molecule has 0 fully saturated rings. The molecule has 0 bridgehead atoms. The predicted molar refractivity (Wildman–Crippen MR) is 56.6 cm³/mol. The lowest BCUT2D eigenvalue weighted by molar-refractivity contribution is -0.140. The maximum Gasteiger partial charge on any atom is 0.325 e. The number of nitrogens with zero attached hydrogens (tertiary/aromatic N) is 1. The Bertz CT molecular complexity index is 299. The summed E-state index contributed by atoms with van der Waals surface area (Å²) in [4.78, 5) is 15.2. The minimum Gasteiger partial charge on any atom is -0.465 e. The number of hydrogen-bond acceptors (Lipinski definition) is 5. The Kier molecular flexibility index (Phi) is 4.39. The van der Waals surface area contributed by atoms with Gasteiger partial charge >= 0.3 is 5.97 Å². The molecule has 0 aromatic carbocycles. The van der Waals surface area contributed by atoms with Crippen molar-refractivity contribution in [3.8, 4) is 0 Å². The van der Waals surface area contributed by atoms with Crippen molar-refractivity contribution in [1.82, 2.24) is 4.98 Å². The van der Waals surface area contributed by atoms with Crippen molar-refractivity contribution in [3.05, 3.63) is 10.4 Å². The topological polar surface area (TPSA) is 51.2 Å². The van der Waals surface area contributed by atoms with E-state index in [-0.39, 0.29) is 12.5 Å². The first-order valence-electron chi connectivity index (χ1n) is 4.60. The average Bonchev–Trinajstić information content (AvgIpc) is 2.63. The van der Waals surface area contributed by atoms with Crippen molar-refractivity contribution in [2.45, 2.75) is 20.3 Å². The number of ether oxygens (including phenoxy) is 1. The van der Waals surface area contributed by atoms with Gasteiger partial charge in [0.1, 0.15) is 12.4 Å². The van der Waals surface area contributed by atoms with Crippen molar-refractivity contribution in [3.63, 3.8) is 0 Å². The van der Waals surface area contributed by atoms with Crippen molar-refractivity contribution in [2.75, 3.05) is 18.5 Å². The summed E-state index contributed by atoms with van der Waals surface area (Å²) in [5.41, 5.74) is 0. The maximum absolute atomic E-state index is 11.0. The van der Waals surface area contributed by atoms with Crippen molar-refractivity contribution in [1.29, 1.82) is 0 Å². The fraction of sp³-hybridized carbons (Fsp3) is 0.556. The van der Waals surface area contributed by atoms with Gasteiger partial charge in [-0.05, 0) is 13.3 Å². The molecular formula is C9H14N2O2S. The summed E-state index contributed by atoms with van der Waals surface area (Å²) in [5.74, 6) is 0.499. The van der Waals surface area contributed by atoms with E-state index in [0.717, 1.165) is 17.2 Å². The van der Waals surface area contributed by atoms with E-state index in [9.17, 15) is 4.79 Å². The summed E-state index contributed by atoms with van der Waals surface area (Å²) < 4.78 is 4.77. The molecule has 0 saturated carbocycles. The molecule has 1 N–H and O–H groups in total. The van der Waals surface area contributed by atoms with Gasteiger partial charge in [0.25, 0.3) is 0 Å². The zero-order valence-electron chi connectivity index (χ0n) is 8.37. The molecule has 1 heterocycles. The monoisotopic (exact) mass is 214 g/mol. The lowest BCUT2D eigenvalue weighted by Crippen LogP contribution is -2.16.